The van der Waals surface area contributed by atoms with Crippen LogP contribution in [0.25, 0.3) is 0 Å². The number of nitrogens with zero attached hydrogens (tertiary/aromatic N) is 4. The van der Waals surface area contributed by atoms with Crippen molar-refractivity contribution in [3.63, 3.8) is 0 Å². The van der Waals surface area contributed by atoms with Crippen molar-refractivity contribution in [2.75, 3.05) is 0 Å². The van der Waals surface area contributed by atoms with Gasteiger partial charge in [-0.05, 0) is 12.0 Å². The first-order valence-corrected chi connectivity index (χ1v) is 6.32. The normalized spacial score (nSPS) is 12.6. The van der Waals surface area contributed by atoms with E-state index in [9.17, 15) is 4.79 Å². The Balaban J connectivity index is 2.05. The molecule has 0 aliphatic rings. The van der Waals surface area contributed by atoms with Crippen molar-refractivity contribution in [3.05, 3.63) is 36.7 Å². The zero-order chi connectivity index (χ0) is 13.8. The van der Waals surface area contributed by atoms with Crippen LogP contribution in [-0.2, 0) is 18.4 Å². The molecule has 0 aromatic carbocycles. The molecule has 0 aliphatic carbocycles. The average Bonchev–Trinajstić information content (AvgIpc) is 2.97. The number of carbonyl (C=O) groups excluding carboxylic acids is 1. The molecule has 1 N–H and O–H groups in total. The van der Waals surface area contributed by atoms with Gasteiger partial charge in [0.25, 0.3) is 0 Å². The van der Waals surface area contributed by atoms with Gasteiger partial charge in [0.2, 0.25) is 5.91 Å². The van der Waals surface area contributed by atoms with Crippen molar-refractivity contribution in [1.29, 1.82) is 0 Å². The first kappa shape index (κ1) is 13.3. The zero-order valence-electron chi connectivity index (χ0n) is 11.4. The largest absolute Gasteiger partial charge is 0.344 e. The summed E-state index contributed by atoms with van der Waals surface area (Å²) in [6.07, 6.45) is 7.05. The summed E-state index contributed by atoms with van der Waals surface area (Å²) in [6.45, 7) is 4.35. The van der Waals surface area contributed by atoms with Gasteiger partial charge < -0.3 is 9.88 Å². The smallest absolute Gasteiger partial charge is 0.242 e. The third-order valence-corrected chi connectivity index (χ3v) is 2.98. The molecule has 2 aromatic rings. The molecule has 0 saturated heterocycles. The third kappa shape index (κ3) is 3.21. The Kier molecular flexibility index (Phi) is 3.99. The highest BCUT2D eigenvalue weighted by molar-refractivity contribution is 5.76. The molecule has 6 heteroatoms. The van der Waals surface area contributed by atoms with Gasteiger partial charge in [-0.1, -0.05) is 13.8 Å². The van der Waals surface area contributed by atoms with E-state index in [4.69, 9.17) is 0 Å². The summed E-state index contributed by atoms with van der Waals surface area (Å²) in [5.41, 5.74) is 0. The first-order valence-electron chi connectivity index (χ1n) is 6.32. The van der Waals surface area contributed by atoms with E-state index in [1.807, 2.05) is 17.8 Å². The molecule has 0 saturated carbocycles. The predicted octanol–water partition coefficient (Wildman–Crippen LogP) is 1.13. The molecule has 1 amide bonds. The molecular formula is C13H19N5O. The SMILES string of the molecule is CC(C)[C@H](NC(=O)Cn1cccn1)c1nccn1C. The second kappa shape index (κ2) is 5.69. The average molecular weight is 261 g/mol. The maximum absolute atomic E-state index is 12.0. The highest BCUT2D eigenvalue weighted by Gasteiger charge is 2.21. The predicted molar refractivity (Wildman–Crippen MR) is 71.2 cm³/mol. The Labute approximate surface area is 112 Å². The number of nitrogens with one attached hydrogen (secondary N) is 1. The van der Waals surface area contributed by atoms with Gasteiger partial charge >= 0.3 is 0 Å². The summed E-state index contributed by atoms with van der Waals surface area (Å²) < 4.78 is 3.53. The summed E-state index contributed by atoms with van der Waals surface area (Å²) in [5, 5.41) is 7.04. The van der Waals surface area contributed by atoms with Crippen molar-refractivity contribution in [1.82, 2.24) is 24.6 Å². The molecule has 1 atom stereocenters. The van der Waals surface area contributed by atoms with Crippen LogP contribution in [0.2, 0.25) is 0 Å². The van der Waals surface area contributed by atoms with E-state index in [-0.39, 0.29) is 24.4 Å². The molecule has 102 valence electrons. The quantitative estimate of drug-likeness (QED) is 0.877. The number of rotatable bonds is 5. The third-order valence-electron chi connectivity index (χ3n) is 2.98. The number of amides is 1. The topological polar surface area (TPSA) is 64.7 Å². The van der Waals surface area contributed by atoms with Crippen molar-refractivity contribution in [2.45, 2.75) is 26.4 Å². The molecule has 0 unspecified atom stereocenters. The Morgan fingerprint density at radius 3 is 2.68 bits per heavy atom. The first-order chi connectivity index (χ1) is 9.08. The minimum Gasteiger partial charge on any atom is -0.344 e. The molecule has 2 aromatic heterocycles. The van der Waals surface area contributed by atoms with Gasteiger partial charge in [-0.2, -0.15) is 5.10 Å². The Hall–Kier alpha value is -2.11. The molecule has 2 heterocycles. The van der Waals surface area contributed by atoms with Crippen LogP contribution in [0.3, 0.4) is 0 Å². The maximum atomic E-state index is 12.0. The van der Waals surface area contributed by atoms with Crippen LogP contribution < -0.4 is 5.32 Å². The van der Waals surface area contributed by atoms with Crippen LogP contribution >= 0.6 is 0 Å². The number of hydrogen-bond donors (Lipinski definition) is 1. The zero-order valence-corrected chi connectivity index (χ0v) is 11.4. The number of imidazole rings is 1. The molecule has 19 heavy (non-hydrogen) atoms. The maximum Gasteiger partial charge on any atom is 0.242 e. The van der Waals surface area contributed by atoms with Crippen LogP contribution in [0, 0.1) is 5.92 Å². The number of hydrogen-bond acceptors (Lipinski definition) is 3. The van der Waals surface area contributed by atoms with E-state index in [2.05, 4.69) is 29.2 Å². The van der Waals surface area contributed by atoms with Crippen LogP contribution in [0.15, 0.2) is 30.9 Å². The van der Waals surface area contributed by atoms with E-state index in [0.717, 1.165) is 5.82 Å². The fourth-order valence-electron chi connectivity index (χ4n) is 1.97. The molecule has 2 rings (SSSR count). The number of carbonyl (C=O) groups is 1. The molecule has 0 bridgehead atoms. The standard InChI is InChI=1S/C13H19N5O/c1-10(2)12(13-14-6-8-17(13)3)16-11(19)9-18-7-4-5-15-18/h4-8,10,12H,9H2,1-3H3,(H,16,19)/t12-/m0/s1. The van der Waals surface area contributed by atoms with Crippen molar-refractivity contribution < 1.29 is 4.79 Å². The minimum absolute atomic E-state index is 0.0644. The Bertz CT molecular complexity index is 529. The number of aryl methyl sites for hydroxylation is 1. The van der Waals surface area contributed by atoms with E-state index in [1.54, 1.807) is 29.3 Å². The van der Waals surface area contributed by atoms with Gasteiger partial charge in [0.1, 0.15) is 12.4 Å². The second-order valence-electron chi connectivity index (χ2n) is 4.89. The van der Waals surface area contributed by atoms with Gasteiger partial charge in [-0.3, -0.25) is 9.48 Å². The van der Waals surface area contributed by atoms with Crippen LogP contribution in [0.1, 0.15) is 25.7 Å². The molecular weight excluding hydrogens is 242 g/mol. The van der Waals surface area contributed by atoms with Gasteiger partial charge in [0.15, 0.2) is 0 Å². The van der Waals surface area contributed by atoms with Crippen LogP contribution in [0.4, 0.5) is 0 Å². The highest BCUT2D eigenvalue weighted by atomic mass is 16.2. The van der Waals surface area contributed by atoms with Crippen molar-refractivity contribution in [3.8, 4) is 0 Å². The van der Waals surface area contributed by atoms with E-state index >= 15 is 0 Å². The van der Waals surface area contributed by atoms with Crippen molar-refractivity contribution >= 4 is 5.91 Å². The molecule has 6 nitrogen and oxygen atoms in total. The summed E-state index contributed by atoms with van der Waals surface area (Å²) in [6, 6.07) is 1.70. The monoisotopic (exact) mass is 261 g/mol. The number of aromatic nitrogens is 4. The summed E-state index contributed by atoms with van der Waals surface area (Å²) >= 11 is 0. The lowest BCUT2D eigenvalue weighted by Crippen LogP contribution is -2.35. The highest BCUT2D eigenvalue weighted by Crippen LogP contribution is 2.19. The fourth-order valence-corrected chi connectivity index (χ4v) is 1.97. The Morgan fingerprint density at radius 2 is 2.16 bits per heavy atom. The van der Waals surface area contributed by atoms with Crippen molar-refractivity contribution in [2.24, 2.45) is 13.0 Å². The van der Waals surface area contributed by atoms with Crippen LogP contribution in [0.5, 0.6) is 0 Å². The lowest BCUT2D eigenvalue weighted by atomic mass is 10.0. The minimum atomic E-state index is -0.0944. The molecule has 0 radical (unpaired) electrons. The van der Waals surface area contributed by atoms with Crippen LogP contribution in [-0.4, -0.2) is 25.2 Å². The molecule has 0 fully saturated rings. The lowest BCUT2D eigenvalue weighted by Gasteiger charge is -2.22. The molecule has 0 aliphatic heterocycles. The van der Waals surface area contributed by atoms with E-state index in [0.29, 0.717) is 0 Å². The van der Waals surface area contributed by atoms with Gasteiger partial charge in [0, 0.05) is 31.8 Å². The van der Waals surface area contributed by atoms with Gasteiger partial charge in [0.05, 0.1) is 6.04 Å². The van der Waals surface area contributed by atoms with Gasteiger partial charge in [-0.15, -0.1) is 0 Å². The summed E-state index contributed by atoms with van der Waals surface area (Å²) in [5.74, 6) is 1.07. The lowest BCUT2D eigenvalue weighted by molar-refractivity contribution is -0.123. The van der Waals surface area contributed by atoms with Gasteiger partial charge in [-0.25, -0.2) is 4.98 Å². The summed E-state index contributed by atoms with van der Waals surface area (Å²) in [7, 11) is 1.93. The Morgan fingerprint density at radius 1 is 1.37 bits per heavy atom. The van der Waals surface area contributed by atoms with E-state index in [1.165, 1.54) is 0 Å². The fraction of sp³-hybridized carbons (Fsp3) is 0.462. The van der Waals surface area contributed by atoms with E-state index < -0.39 is 0 Å². The molecule has 0 spiro atoms. The second-order valence-corrected chi connectivity index (χ2v) is 4.89. The summed E-state index contributed by atoms with van der Waals surface area (Å²) in [4.78, 5) is 16.3.